The fourth-order valence-corrected chi connectivity index (χ4v) is 3.47. The van der Waals surface area contributed by atoms with Crippen LogP contribution in [0.4, 0.5) is 0 Å². The lowest BCUT2D eigenvalue weighted by atomic mass is 10.0. The predicted molar refractivity (Wildman–Crippen MR) is 116 cm³/mol. The summed E-state index contributed by atoms with van der Waals surface area (Å²) in [4.78, 5) is 11.0. The first-order valence-electron chi connectivity index (χ1n) is 9.56. The van der Waals surface area contributed by atoms with Gasteiger partial charge in [-0.1, -0.05) is 38.1 Å². The molecule has 0 bridgehead atoms. The SMILES string of the molecule is Cc1cc(/C=C(/C#N)c2ccc(C(=O)O)cc2)c(C)n1-c1ccc(C(C)C)cc1. The summed E-state index contributed by atoms with van der Waals surface area (Å²) in [5, 5.41) is 18.7. The summed E-state index contributed by atoms with van der Waals surface area (Å²) in [5.41, 5.74) is 6.89. The van der Waals surface area contributed by atoms with E-state index < -0.39 is 5.97 Å². The van der Waals surface area contributed by atoms with Crippen molar-refractivity contribution in [1.82, 2.24) is 4.57 Å². The molecule has 3 rings (SSSR count). The minimum absolute atomic E-state index is 0.203. The van der Waals surface area contributed by atoms with Gasteiger partial charge in [-0.25, -0.2) is 4.79 Å². The van der Waals surface area contributed by atoms with Crippen molar-refractivity contribution in [2.24, 2.45) is 0 Å². The molecule has 1 N–H and O–H groups in total. The summed E-state index contributed by atoms with van der Waals surface area (Å²) in [7, 11) is 0. The number of aromatic nitrogens is 1. The van der Waals surface area contributed by atoms with Crippen LogP contribution in [0.3, 0.4) is 0 Å². The largest absolute Gasteiger partial charge is 0.478 e. The minimum Gasteiger partial charge on any atom is -0.478 e. The van der Waals surface area contributed by atoms with Crippen molar-refractivity contribution in [2.75, 3.05) is 0 Å². The van der Waals surface area contributed by atoms with Crippen LogP contribution in [-0.4, -0.2) is 15.6 Å². The van der Waals surface area contributed by atoms with E-state index in [9.17, 15) is 10.1 Å². The molecule has 4 nitrogen and oxygen atoms in total. The van der Waals surface area contributed by atoms with Crippen molar-refractivity contribution < 1.29 is 9.90 Å². The smallest absolute Gasteiger partial charge is 0.335 e. The van der Waals surface area contributed by atoms with Gasteiger partial charge in [0.1, 0.15) is 0 Å². The molecule has 0 saturated carbocycles. The second kappa shape index (κ2) is 8.20. The van der Waals surface area contributed by atoms with Crippen LogP contribution < -0.4 is 0 Å². The van der Waals surface area contributed by atoms with E-state index in [0.29, 0.717) is 17.1 Å². The average Bonchev–Trinajstić information content (AvgIpc) is 2.99. The number of hydrogen-bond acceptors (Lipinski definition) is 2. The van der Waals surface area contributed by atoms with Gasteiger partial charge in [0.15, 0.2) is 0 Å². The van der Waals surface area contributed by atoms with Crippen molar-refractivity contribution in [1.29, 1.82) is 5.26 Å². The number of benzene rings is 2. The Kier molecular flexibility index (Phi) is 5.70. The number of aromatic carboxylic acids is 1. The highest BCUT2D eigenvalue weighted by molar-refractivity contribution is 5.92. The molecule has 29 heavy (non-hydrogen) atoms. The Morgan fingerprint density at radius 3 is 2.14 bits per heavy atom. The molecule has 1 heterocycles. The van der Waals surface area contributed by atoms with Gasteiger partial charge in [0.2, 0.25) is 0 Å². The van der Waals surface area contributed by atoms with E-state index >= 15 is 0 Å². The van der Waals surface area contributed by atoms with Crippen LogP contribution in [0, 0.1) is 25.2 Å². The molecule has 0 aliphatic carbocycles. The molecule has 0 atom stereocenters. The van der Waals surface area contributed by atoms with Crippen LogP contribution in [0.5, 0.6) is 0 Å². The highest BCUT2D eigenvalue weighted by Gasteiger charge is 2.12. The lowest BCUT2D eigenvalue weighted by Crippen LogP contribution is -1.99. The molecule has 2 aromatic carbocycles. The fraction of sp³-hybridized carbons (Fsp3) is 0.200. The predicted octanol–water partition coefficient (Wildman–Crippen LogP) is 5.98. The van der Waals surface area contributed by atoms with Gasteiger partial charge in [-0.2, -0.15) is 5.26 Å². The van der Waals surface area contributed by atoms with Crippen LogP contribution in [0.2, 0.25) is 0 Å². The lowest BCUT2D eigenvalue weighted by Gasteiger charge is -2.12. The van der Waals surface area contributed by atoms with Crippen molar-refractivity contribution in [2.45, 2.75) is 33.6 Å². The molecule has 146 valence electrons. The van der Waals surface area contributed by atoms with Crippen LogP contribution in [0.25, 0.3) is 17.3 Å². The summed E-state index contributed by atoms with van der Waals surface area (Å²) >= 11 is 0. The molecule has 0 fully saturated rings. The van der Waals surface area contributed by atoms with E-state index in [1.54, 1.807) is 12.1 Å². The van der Waals surface area contributed by atoms with Gasteiger partial charge in [0.25, 0.3) is 0 Å². The quantitative estimate of drug-likeness (QED) is 0.550. The summed E-state index contributed by atoms with van der Waals surface area (Å²) in [6, 6.07) is 19.2. The summed E-state index contributed by atoms with van der Waals surface area (Å²) in [5.74, 6) is -0.494. The van der Waals surface area contributed by atoms with Gasteiger partial charge in [-0.05, 0) is 72.9 Å². The molecule has 0 aliphatic rings. The number of nitrogens with zero attached hydrogens (tertiary/aromatic N) is 2. The standard InChI is InChI=1S/C25H24N2O2/c1-16(2)19-9-11-24(12-10-19)27-17(3)13-22(18(27)4)14-23(15-26)20-5-7-21(8-6-20)25(28)29/h5-14,16H,1-4H3,(H,28,29)/b23-14-. The molecule has 0 unspecified atom stereocenters. The normalized spacial score (nSPS) is 11.5. The molecule has 4 heteroatoms. The number of carboxylic acid groups (broad SMARTS) is 1. The maximum Gasteiger partial charge on any atom is 0.335 e. The highest BCUT2D eigenvalue weighted by atomic mass is 16.4. The van der Waals surface area contributed by atoms with Gasteiger partial charge in [0, 0.05) is 17.1 Å². The number of aryl methyl sites for hydroxylation is 1. The highest BCUT2D eigenvalue weighted by Crippen LogP contribution is 2.26. The van der Waals surface area contributed by atoms with Gasteiger partial charge in [0.05, 0.1) is 17.2 Å². The number of hydrogen-bond donors (Lipinski definition) is 1. The van der Waals surface area contributed by atoms with E-state index in [0.717, 1.165) is 22.6 Å². The van der Waals surface area contributed by atoms with Crippen LogP contribution in [0.1, 0.15) is 58.2 Å². The van der Waals surface area contributed by atoms with Crippen molar-refractivity contribution in [3.8, 4) is 11.8 Å². The molecule has 0 aliphatic heterocycles. The maximum atomic E-state index is 11.0. The van der Waals surface area contributed by atoms with Crippen molar-refractivity contribution in [3.05, 3.63) is 88.2 Å². The Morgan fingerprint density at radius 1 is 1.03 bits per heavy atom. The van der Waals surface area contributed by atoms with E-state index in [1.165, 1.54) is 17.7 Å². The van der Waals surface area contributed by atoms with E-state index in [2.05, 4.69) is 54.8 Å². The molecular formula is C25H24N2O2. The van der Waals surface area contributed by atoms with Gasteiger partial charge >= 0.3 is 5.97 Å². The summed E-state index contributed by atoms with van der Waals surface area (Å²) in [6.07, 6.45) is 1.86. The fourth-order valence-electron chi connectivity index (χ4n) is 3.47. The topological polar surface area (TPSA) is 66.0 Å². The molecule has 3 aromatic rings. The summed E-state index contributed by atoms with van der Waals surface area (Å²) in [6.45, 7) is 8.44. The zero-order valence-corrected chi connectivity index (χ0v) is 17.1. The van der Waals surface area contributed by atoms with Gasteiger partial charge < -0.3 is 9.67 Å². The monoisotopic (exact) mass is 384 g/mol. The van der Waals surface area contributed by atoms with E-state index in [1.807, 2.05) is 19.9 Å². The number of allylic oxidation sites excluding steroid dienone is 1. The lowest BCUT2D eigenvalue weighted by molar-refractivity contribution is 0.0697. The Labute approximate surface area is 171 Å². The Morgan fingerprint density at radius 2 is 1.62 bits per heavy atom. The average molecular weight is 384 g/mol. The zero-order chi connectivity index (χ0) is 21.1. The van der Waals surface area contributed by atoms with Crippen LogP contribution in [-0.2, 0) is 0 Å². The first-order chi connectivity index (χ1) is 13.8. The van der Waals surface area contributed by atoms with Crippen LogP contribution >= 0.6 is 0 Å². The zero-order valence-electron chi connectivity index (χ0n) is 17.1. The molecule has 1 aromatic heterocycles. The Balaban J connectivity index is 2.00. The van der Waals surface area contributed by atoms with Gasteiger partial charge in [-0.3, -0.25) is 0 Å². The molecule has 0 saturated heterocycles. The number of rotatable bonds is 5. The second-order valence-electron chi connectivity index (χ2n) is 7.46. The van der Waals surface area contributed by atoms with E-state index in [4.69, 9.17) is 5.11 Å². The van der Waals surface area contributed by atoms with Crippen LogP contribution in [0.15, 0.2) is 54.6 Å². The third kappa shape index (κ3) is 4.14. The van der Waals surface area contributed by atoms with E-state index in [-0.39, 0.29) is 5.56 Å². The molecule has 0 spiro atoms. The summed E-state index contributed by atoms with van der Waals surface area (Å²) < 4.78 is 2.18. The molecule has 0 amide bonds. The maximum absolute atomic E-state index is 11.0. The second-order valence-corrected chi connectivity index (χ2v) is 7.46. The first-order valence-corrected chi connectivity index (χ1v) is 9.56. The van der Waals surface area contributed by atoms with Gasteiger partial charge in [-0.15, -0.1) is 0 Å². The number of carboxylic acids is 1. The number of nitriles is 1. The third-order valence-electron chi connectivity index (χ3n) is 5.15. The minimum atomic E-state index is -0.980. The Bertz CT molecular complexity index is 1110. The first kappa shape index (κ1) is 20.2. The van der Waals surface area contributed by atoms with Crippen molar-refractivity contribution in [3.63, 3.8) is 0 Å². The third-order valence-corrected chi connectivity index (χ3v) is 5.15. The Hall–Kier alpha value is -3.58. The molecule has 0 radical (unpaired) electrons. The molecular weight excluding hydrogens is 360 g/mol. The number of carbonyl (C=O) groups is 1. The van der Waals surface area contributed by atoms with Crippen molar-refractivity contribution >= 4 is 17.6 Å².